The molecular weight excluding hydrogens is 284 g/mol. The molecule has 0 aliphatic carbocycles. The van der Waals surface area contributed by atoms with Crippen LogP contribution in [-0.4, -0.2) is 37.6 Å². The minimum absolute atomic E-state index is 0.0109. The van der Waals surface area contributed by atoms with Crippen LogP contribution in [-0.2, 0) is 6.42 Å². The van der Waals surface area contributed by atoms with Gasteiger partial charge in [0.15, 0.2) is 0 Å². The van der Waals surface area contributed by atoms with Crippen molar-refractivity contribution in [2.45, 2.75) is 6.42 Å². The number of nitrogens with zero attached hydrogens (tertiary/aromatic N) is 1. The summed E-state index contributed by atoms with van der Waals surface area (Å²) < 4.78 is 5.23. The number of methoxy groups -OCH3 is 1. The highest BCUT2D eigenvalue weighted by Gasteiger charge is 2.20. The molecule has 0 spiro atoms. The monoisotopic (exact) mass is 304 g/mol. The van der Waals surface area contributed by atoms with Crippen LogP contribution in [0.25, 0.3) is 0 Å². The molecule has 21 heavy (non-hydrogen) atoms. The number of rotatable bonds is 7. The van der Waals surface area contributed by atoms with Gasteiger partial charge in [-0.25, -0.2) is 0 Å². The fourth-order valence-electron chi connectivity index (χ4n) is 2.14. The maximum absolute atomic E-state index is 12.6. The minimum Gasteiger partial charge on any atom is -0.495 e. The van der Waals surface area contributed by atoms with Gasteiger partial charge in [-0.15, -0.1) is 11.3 Å². The van der Waals surface area contributed by atoms with Crippen LogP contribution >= 0.6 is 11.3 Å². The minimum atomic E-state index is -0.0109. The van der Waals surface area contributed by atoms with Crippen LogP contribution in [0.2, 0.25) is 0 Å². The quantitative estimate of drug-likeness (QED) is 0.854. The van der Waals surface area contributed by atoms with Gasteiger partial charge < -0.3 is 15.4 Å². The van der Waals surface area contributed by atoms with Crippen LogP contribution < -0.4 is 10.5 Å². The molecule has 4 nitrogen and oxygen atoms in total. The van der Waals surface area contributed by atoms with Crippen LogP contribution in [0.4, 0.5) is 0 Å². The fraction of sp³-hybridized carbons (Fsp3) is 0.312. The molecule has 0 unspecified atom stereocenters. The molecule has 0 aliphatic rings. The van der Waals surface area contributed by atoms with Crippen LogP contribution in [0, 0.1) is 0 Å². The number of amides is 1. The molecule has 112 valence electrons. The molecular formula is C16H20N2O2S. The molecule has 0 bridgehead atoms. The molecule has 1 amide bonds. The highest BCUT2D eigenvalue weighted by molar-refractivity contribution is 7.12. The zero-order chi connectivity index (χ0) is 15.1. The third-order valence-electron chi connectivity index (χ3n) is 3.24. The van der Waals surface area contributed by atoms with E-state index in [9.17, 15) is 4.79 Å². The van der Waals surface area contributed by atoms with Crippen molar-refractivity contribution in [1.82, 2.24) is 4.90 Å². The van der Waals surface area contributed by atoms with E-state index >= 15 is 0 Å². The van der Waals surface area contributed by atoms with Crippen molar-refractivity contribution in [3.63, 3.8) is 0 Å². The van der Waals surface area contributed by atoms with Crippen molar-refractivity contribution in [2.75, 3.05) is 26.7 Å². The van der Waals surface area contributed by atoms with Gasteiger partial charge in [0.05, 0.1) is 7.11 Å². The smallest absolute Gasteiger partial charge is 0.267 e. The summed E-state index contributed by atoms with van der Waals surface area (Å²) in [4.78, 5) is 15.0. The van der Waals surface area contributed by atoms with E-state index in [0.717, 1.165) is 6.42 Å². The molecule has 1 heterocycles. The predicted octanol–water partition coefficient (Wildman–Crippen LogP) is 2.40. The van der Waals surface area contributed by atoms with E-state index in [1.165, 1.54) is 16.9 Å². The van der Waals surface area contributed by atoms with Crippen molar-refractivity contribution in [2.24, 2.45) is 5.73 Å². The summed E-state index contributed by atoms with van der Waals surface area (Å²) in [6.45, 7) is 1.65. The zero-order valence-corrected chi connectivity index (χ0v) is 12.9. The van der Waals surface area contributed by atoms with E-state index < -0.39 is 0 Å². The topological polar surface area (TPSA) is 55.6 Å². The van der Waals surface area contributed by atoms with Crippen LogP contribution in [0.3, 0.4) is 0 Å². The van der Waals surface area contributed by atoms with E-state index in [1.54, 1.807) is 12.0 Å². The number of thiophene rings is 1. The standard InChI is InChI=1S/C16H20N2O2S/c1-20-14-8-12-21-15(14)16(19)18(11-9-17)10-7-13-5-3-2-4-6-13/h2-6,8,12H,7,9-11,17H2,1H3. The highest BCUT2D eigenvalue weighted by atomic mass is 32.1. The Morgan fingerprint density at radius 3 is 2.67 bits per heavy atom. The maximum Gasteiger partial charge on any atom is 0.267 e. The number of nitrogens with two attached hydrogens (primary N) is 1. The first kappa shape index (κ1) is 15.5. The fourth-order valence-corrected chi connectivity index (χ4v) is 2.96. The van der Waals surface area contributed by atoms with Gasteiger partial charge in [0, 0.05) is 19.6 Å². The van der Waals surface area contributed by atoms with Gasteiger partial charge in [0.25, 0.3) is 5.91 Å². The van der Waals surface area contributed by atoms with Gasteiger partial charge in [-0.1, -0.05) is 30.3 Å². The SMILES string of the molecule is COc1ccsc1C(=O)N(CCN)CCc1ccccc1. The van der Waals surface area contributed by atoms with Gasteiger partial charge in [0.2, 0.25) is 0 Å². The van der Waals surface area contributed by atoms with E-state index in [4.69, 9.17) is 10.5 Å². The largest absolute Gasteiger partial charge is 0.495 e. The number of carbonyl (C=O) groups excluding carboxylic acids is 1. The average Bonchev–Trinajstić information content (AvgIpc) is 3.00. The molecule has 1 aromatic heterocycles. The van der Waals surface area contributed by atoms with Crippen molar-refractivity contribution < 1.29 is 9.53 Å². The molecule has 0 saturated carbocycles. The van der Waals surface area contributed by atoms with Crippen LogP contribution in [0.15, 0.2) is 41.8 Å². The maximum atomic E-state index is 12.6. The lowest BCUT2D eigenvalue weighted by molar-refractivity contribution is 0.0764. The molecule has 0 radical (unpaired) electrons. The van der Waals surface area contributed by atoms with Crippen molar-refractivity contribution in [3.8, 4) is 5.75 Å². The molecule has 5 heteroatoms. The Bertz CT molecular complexity index is 569. The first-order valence-corrected chi connectivity index (χ1v) is 7.79. The Hall–Kier alpha value is -1.85. The normalized spacial score (nSPS) is 10.4. The Morgan fingerprint density at radius 1 is 1.24 bits per heavy atom. The second-order valence-corrected chi connectivity index (χ2v) is 5.55. The van der Waals surface area contributed by atoms with E-state index in [-0.39, 0.29) is 5.91 Å². The Labute approximate surface area is 129 Å². The van der Waals surface area contributed by atoms with Gasteiger partial charge >= 0.3 is 0 Å². The lowest BCUT2D eigenvalue weighted by atomic mass is 10.1. The van der Waals surface area contributed by atoms with Gasteiger partial charge in [-0.05, 0) is 23.4 Å². The van der Waals surface area contributed by atoms with Gasteiger partial charge in [-0.3, -0.25) is 4.79 Å². The summed E-state index contributed by atoms with van der Waals surface area (Å²) in [6, 6.07) is 12.0. The lowest BCUT2D eigenvalue weighted by Crippen LogP contribution is -2.36. The number of ether oxygens (including phenoxy) is 1. The van der Waals surface area contributed by atoms with Crippen LogP contribution in [0.1, 0.15) is 15.2 Å². The first-order valence-electron chi connectivity index (χ1n) is 6.91. The first-order chi connectivity index (χ1) is 10.3. The van der Waals surface area contributed by atoms with E-state index in [2.05, 4.69) is 12.1 Å². The third kappa shape index (κ3) is 4.06. The average molecular weight is 304 g/mol. The van der Waals surface area contributed by atoms with Crippen molar-refractivity contribution >= 4 is 17.2 Å². The summed E-state index contributed by atoms with van der Waals surface area (Å²) in [5.41, 5.74) is 6.85. The molecule has 2 aromatic rings. The molecule has 2 N–H and O–H groups in total. The number of carbonyl (C=O) groups is 1. The second-order valence-electron chi connectivity index (χ2n) is 4.63. The zero-order valence-electron chi connectivity index (χ0n) is 12.1. The summed E-state index contributed by atoms with van der Waals surface area (Å²) in [7, 11) is 1.58. The third-order valence-corrected chi connectivity index (χ3v) is 4.13. The van der Waals surface area contributed by atoms with E-state index in [0.29, 0.717) is 30.3 Å². The summed E-state index contributed by atoms with van der Waals surface area (Å²) >= 11 is 1.40. The summed E-state index contributed by atoms with van der Waals surface area (Å²) in [6.07, 6.45) is 0.820. The summed E-state index contributed by atoms with van der Waals surface area (Å²) in [5.74, 6) is 0.620. The predicted molar refractivity (Wildman–Crippen MR) is 86.0 cm³/mol. The lowest BCUT2D eigenvalue weighted by Gasteiger charge is -2.22. The van der Waals surface area contributed by atoms with Crippen molar-refractivity contribution in [1.29, 1.82) is 0 Å². The highest BCUT2D eigenvalue weighted by Crippen LogP contribution is 2.25. The molecule has 0 fully saturated rings. The molecule has 0 saturated heterocycles. The van der Waals surface area contributed by atoms with E-state index in [1.807, 2.05) is 29.6 Å². The number of hydrogen-bond donors (Lipinski definition) is 1. The van der Waals surface area contributed by atoms with Crippen LogP contribution in [0.5, 0.6) is 5.75 Å². The van der Waals surface area contributed by atoms with Crippen molar-refractivity contribution in [3.05, 3.63) is 52.2 Å². The molecule has 2 rings (SSSR count). The Morgan fingerprint density at radius 2 is 2.00 bits per heavy atom. The number of hydrogen-bond acceptors (Lipinski definition) is 4. The summed E-state index contributed by atoms with van der Waals surface area (Å²) in [5, 5.41) is 1.86. The molecule has 0 atom stereocenters. The Kier molecular flexibility index (Phi) is 5.78. The number of benzene rings is 1. The second kappa shape index (κ2) is 7.81. The molecule has 0 aliphatic heterocycles. The van der Waals surface area contributed by atoms with Gasteiger partial charge in [0.1, 0.15) is 10.6 Å². The Balaban J connectivity index is 2.06. The molecule has 1 aromatic carbocycles. The van der Waals surface area contributed by atoms with Gasteiger partial charge in [-0.2, -0.15) is 0 Å².